The molecule has 6 heteroatoms. The van der Waals surface area contributed by atoms with Crippen LogP contribution in [0.2, 0.25) is 0 Å². The fourth-order valence-electron chi connectivity index (χ4n) is 1.40. The van der Waals surface area contributed by atoms with Crippen LogP contribution >= 0.6 is 0 Å². The summed E-state index contributed by atoms with van der Waals surface area (Å²) >= 11 is 0. The first-order valence-corrected chi connectivity index (χ1v) is 5.58. The summed E-state index contributed by atoms with van der Waals surface area (Å²) in [6.07, 6.45) is -2.59. The van der Waals surface area contributed by atoms with Gasteiger partial charge in [-0.15, -0.1) is 0 Å². The minimum Gasteiger partial charge on any atom is -0.396 e. The molecule has 0 radical (unpaired) electrons. The molecule has 0 spiro atoms. The van der Waals surface area contributed by atoms with Crippen LogP contribution in [-0.2, 0) is 4.79 Å². The molecule has 0 aliphatic rings. The molecule has 5 nitrogen and oxygen atoms in total. The summed E-state index contributed by atoms with van der Waals surface area (Å²) in [4.78, 5) is 11.5. The molecule has 0 bridgehead atoms. The van der Waals surface area contributed by atoms with Gasteiger partial charge in [0, 0.05) is 6.61 Å². The van der Waals surface area contributed by atoms with Gasteiger partial charge in [-0.1, -0.05) is 12.1 Å². The van der Waals surface area contributed by atoms with Crippen molar-refractivity contribution in [3.05, 3.63) is 30.1 Å². The molecule has 0 heterocycles. The van der Waals surface area contributed by atoms with E-state index in [-0.39, 0.29) is 25.1 Å². The zero-order valence-electron chi connectivity index (χ0n) is 9.71. The lowest BCUT2D eigenvalue weighted by Crippen LogP contribution is -2.38. The summed E-state index contributed by atoms with van der Waals surface area (Å²) in [5, 5.41) is 29.7. The Morgan fingerprint density at radius 3 is 2.61 bits per heavy atom. The largest absolute Gasteiger partial charge is 0.396 e. The van der Waals surface area contributed by atoms with Crippen LogP contribution in [0.1, 0.15) is 12.8 Å². The van der Waals surface area contributed by atoms with E-state index in [1.807, 2.05) is 0 Å². The SMILES string of the molecule is O=C(Nc1ccccc1F)C(O)C(O)CCCO. The monoisotopic (exact) mass is 257 g/mol. The van der Waals surface area contributed by atoms with Crippen LogP contribution < -0.4 is 5.32 Å². The highest BCUT2D eigenvalue weighted by atomic mass is 19.1. The van der Waals surface area contributed by atoms with Gasteiger partial charge >= 0.3 is 0 Å². The van der Waals surface area contributed by atoms with Crippen molar-refractivity contribution in [3.63, 3.8) is 0 Å². The van der Waals surface area contributed by atoms with Gasteiger partial charge in [-0.25, -0.2) is 4.39 Å². The molecular weight excluding hydrogens is 241 g/mol. The quantitative estimate of drug-likeness (QED) is 0.588. The van der Waals surface area contributed by atoms with Gasteiger partial charge < -0.3 is 20.6 Å². The molecule has 1 amide bonds. The Morgan fingerprint density at radius 2 is 2.00 bits per heavy atom. The molecule has 0 saturated heterocycles. The average Bonchev–Trinajstić information content (AvgIpc) is 2.37. The summed E-state index contributed by atoms with van der Waals surface area (Å²) in [6, 6.07) is 5.52. The number of aliphatic hydroxyl groups excluding tert-OH is 3. The van der Waals surface area contributed by atoms with Crippen LogP contribution in [0.15, 0.2) is 24.3 Å². The third-order valence-electron chi connectivity index (χ3n) is 2.42. The lowest BCUT2D eigenvalue weighted by Gasteiger charge is -2.17. The molecule has 0 fully saturated rings. The van der Waals surface area contributed by atoms with Crippen LogP contribution in [0.3, 0.4) is 0 Å². The van der Waals surface area contributed by atoms with Crippen molar-refractivity contribution in [1.82, 2.24) is 0 Å². The third kappa shape index (κ3) is 4.06. The van der Waals surface area contributed by atoms with E-state index < -0.39 is 23.9 Å². The number of halogens is 1. The fraction of sp³-hybridized carbons (Fsp3) is 0.417. The molecule has 0 aromatic heterocycles. The lowest BCUT2D eigenvalue weighted by atomic mass is 10.1. The Balaban J connectivity index is 2.57. The second kappa shape index (κ2) is 7.05. The van der Waals surface area contributed by atoms with Crippen LogP contribution in [0.25, 0.3) is 0 Å². The third-order valence-corrected chi connectivity index (χ3v) is 2.42. The van der Waals surface area contributed by atoms with Gasteiger partial charge in [-0.3, -0.25) is 4.79 Å². The molecule has 100 valence electrons. The summed E-state index contributed by atoms with van der Waals surface area (Å²) in [5.41, 5.74) is -0.0593. The molecule has 1 rings (SSSR count). The topological polar surface area (TPSA) is 89.8 Å². The Hall–Kier alpha value is -1.50. The molecule has 1 aromatic carbocycles. The van der Waals surface area contributed by atoms with Crippen molar-refractivity contribution < 1.29 is 24.5 Å². The predicted molar refractivity (Wildman–Crippen MR) is 63.4 cm³/mol. The number of rotatable bonds is 6. The second-order valence-corrected chi connectivity index (χ2v) is 3.85. The van der Waals surface area contributed by atoms with E-state index in [9.17, 15) is 19.4 Å². The maximum absolute atomic E-state index is 13.2. The summed E-state index contributed by atoms with van der Waals surface area (Å²) in [5.74, 6) is -1.51. The van der Waals surface area contributed by atoms with Crippen molar-refractivity contribution in [1.29, 1.82) is 0 Å². The minimum absolute atomic E-state index is 0.0593. The van der Waals surface area contributed by atoms with Gasteiger partial charge in [-0.05, 0) is 25.0 Å². The zero-order valence-corrected chi connectivity index (χ0v) is 9.71. The first-order chi connectivity index (χ1) is 8.56. The molecule has 2 atom stereocenters. The van der Waals surface area contributed by atoms with Gasteiger partial charge in [0.25, 0.3) is 5.91 Å². The number of nitrogens with one attached hydrogen (secondary N) is 1. The highest BCUT2D eigenvalue weighted by molar-refractivity contribution is 5.94. The van der Waals surface area contributed by atoms with Crippen molar-refractivity contribution >= 4 is 11.6 Å². The van der Waals surface area contributed by atoms with Crippen molar-refractivity contribution in [2.24, 2.45) is 0 Å². The molecule has 0 saturated carbocycles. The van der Waals surface area contributed by atoms with E-state index >= 15 is 0 Å². The highest BCUT2D eigenvalue weighted by Gasteiger charge is 2.24. The fourth-order valence-corrected chi connectivity index (χ4v) is 1.40. The maximum Gasteiger partial charge on any atom is 0.255 e. The minimum atomic E-state index is -1.66. The van der Waals surface area contributed by atoms with E-state index in [0.29, 0.717) is 0 Å². The normalized spacial score (nSPS) is 14.0. The van der Waals surface area contributed by atoms with Crippen molar-refractivity contribution in [3.8, 4) is 0 Å². The highest BCUT2D eigenvalue weighted by Crippen LogP contribution is 2.13. The summed E-state index contributed by atoms with van der Waals surface area (Å²) in [7, 11) is 0. The standard InChI is InChI=1S/C12H16FNO4/c13-8-4-1-2-5-9(8)14-12(18)11(17)10(16)6-3-7-15/h1-2,4-5,10-11,15-17H,3,6-7H2,(H,14,18). The first kappa shape index (κ1) is 14.6. The molecule has 2 unspecified atom stereocenters. The van der Waals surface area contributed by atoms with Gasteiger partial charge in [0.1, 0.15) is 5.82 Å². The molecular formula is C12H16FNO4. The number of carbonyl (C=O) groups excluding carboxylic acids is 1. The number of anilines is 1. The Labute approximate surface area is 104 Å². The number of benzene rings is 1. The molecule has 0 aliphatic carbocycles. The molecule has 1 aromatic rings. The number of carbonyl (C=O) groups is 1. The Kier molecular flexibility index (Phi) is 5.70. The van der Waals surface area contributed by atoms with Gasteiger partial charge in [0.2, 0.25) is 0 Å². The maximum atomic E-state index is 13.2. The Bertz CT molecular complexity index is 399. The van der Waals surface area contributed by atoms with Crippen LogP contribution in [0.4, 0.5) is 10.1 Å². The van der Waals surface area contributed by atoms with Gasteiger partial charge in [-0.2, -0.15) is 0 Å². The molecule has 4 N–H and O–H groups in total. The molecule has 18 heavy (non-hydrogen) atoms. The Morgan fingerprint density at radius 1 is 1.33 bits per heavy atom. The van der Waals surface area contributed by atoms with Crippen LogP contribution in [0, 0.1) is 5.82 Å². The number of para-hydroxylation sites is 1. The van der Waals surface area contributed by atoms with Crippen LogP contribution in [-0.4, -0.2) is 40.0 Å². The van der Waals surface area contributed by atoms with E-state index in [4.69, 9.17) is 5.11 Å². The van der Waals surface area contributed by atoms with Crippen molar-refractivity contribution in [2.75, 3.05) is 11.9 Å². The summed E-state index contributed by atoms with van der Waals surface area (Å²) < 4.78 is 13.2. The zero-order chi connectivity index (χ0) is 13.5. The molecule has 0 aliphatic heterocycles. The van der Waals surface area contributed by atoms with E-state index in [1.54, 1.807) is 0 Å². The smallest absolute Gasteiger partial charge is 0.255 e. The predicted octanol–water partition coefficient (Wildman–Crippen LogP) is 0.259. The average molecular weight is 257 g/mol. The van der Waals surface area contributed by atoms with Crippen molar-refractivity contribution in [2.45, 2.75) is 25.0 Å². The lowest BCUT2D eigenvalue weighted by molar-refractivity contribution is -0.130. The van der Waals surface area contributed by atoms with E-state index in [2.05, 4.69) is 5.32 Å². The number of hydrogen-bond donors (Lipinski definition) is 4. The van der Waals surface area contributed by atoms with E-state index in [0.717, 1.165) is 0 Å². The van der Waals surface area contributed by atoms with Crippen LogP contribution in [0.5, 0.6) is 0 Å². The number of hydrogen-bond acceptors (Lipinski definition) is 4. The first-order valence-electron chi connectivity index (χ1n) is 5.58. The van der Waals surface area contributed by atoms with E-state index in [1.165, 1.54) is 24.3 Å². The number of aliphatic hydroxyl groups is 3. The summed E-state index contributed by atoms with van der Waals surface area (Å²) in [6.45, 7) is -0.140. The van der Waals surface area contributed by atoms with Gasteiger partial charge in [0.05, 0.1) is 11.8 Å². The number of amides is 1. The van der Waals surface area contributed by atoms with Gasteiger partial charge in [0.15, 0.2) is 6.10 Å². The second-order valence-electron chi connectivity index (χ2n) is 3.85.